The molecule has 1 aromatic heterocycles. The number of piperidine rings is 1. The minimum Gasteiger partial charge on any atom is -0.339 e. The zero-order chi connectivity index (χ0) is 22.8. The summed E-state index contributed by atoms with van der Waals surface area (Å²) in [5, 5.41) is 7.07. The molecule has 1 aliphatic rings. The largest absolute Gasteiger partial charge is 0.339 e. The monoisotopic (exact) mass is 438 g/mol. The zero-order valence-electron chi connectivity index (χ0n) is 17.9. The SMILES string of the molecule is Cc1cc(C)n(-c2ccc(NC(=O)C3CCN(C(=O)c4ccc(F)cc4)CC3)cc2F)n1. The molecule has 0 atom stereocenters. The van der Waals surface area contributed by atoms with Crippen LogP contribution in [0.15, 0.2) is 48.5 Å². The van der Waals surface area contributed by atoms with E-state index in [-0.39, 0.29) is 17.7 Å². The Bertz CT molecular complexity index is 1150. The normalized spacial score (nSPS) is 14.4. The molecule has 0 unspecified atom stereocenters. The molecule has 8 heteroatoms. The number of hydrogen-bond acceptors (Lipinski definition) is 3. The number of hydrogen-bond donors (Lipinski definition) is 1. The molecule has 32 heavy (non-hydrogen) atoms. The van der Waals surface area contributed by atoms with Gasteiger partial charge in [-0.1, -0.05) is 0 Å². The van der Waals surface area contributed by atoms with Gasteiger partial charge in [-0.25, -0.2) is 13.5 Å². The van der Waals surface area contributed by atoms with Crippen molar-refractivity contribution in [3.8, 4) is 5.69 Å². The van der Waals surface area contributed by atoms with E-state index >= 15 is 0 Å². The molecule has 0 spiro atoms. The first kappa shape index (κ1) is 21.7. The third-order valence-electron chi connectivity index (χ3n) is 5.70. The Morgan fingerprint density at radius 1 is 1.00 bits per heavy atom. The van der Waals surface area contributed by atoms with Crippen molar-refractivity contribution < 1.29 is 18.4 Å². The van der Waals surface area contributed by atoms with Gasteiger partial charge in [-0.05, 0) is 75.2 Å². The van der Waals surface area contributed by atoms with Gasteiger partial charge in [-0.3, -0.25) is 9.59 Å². The fourth-order valence-corrected chi connectivity index (χ4v) is 3.99. The van der Waals surface area contributed by atoms with Crippen molar-refractivity contribution in [1.29, 1.82) is 0 Å². The van der Waals surface area contributed by atoms with E-state index in [2.05, 4.69) is 10.4 Å². The molecule has 1 fully saturated rings. The zero-order valence-corrected chi connectivity index (χ0v) is 17.9. The van der Waals surface area contributed by atoms with Crippen molar-refractivity contribution in [1.82, 2.24) is 14.7 Å². The Labute approximate surface area is 184 Å². The second kappa shape index (κ2) is 8.90. The summed E-state index contributed by atoms with van der Waals surface area (Å²) in [7, 11) is 0. The lowest BCUT2D eigenvalue weighted by molar-refractivity contribution is -0.121. The molecule has 0 bridgehead atoms. The van der Waals surface area contributed by atoms with Crippen LogP contribution >= 0.6 is 0 Å². The number of nitrogens with zero attached hydrogens (tertiary/aromatic N) is 3. The first-order valence-corrected chi connectivity index (χ1v) is 10.5. The van der Waals surface area contributed by atoms with Gasteiger partial charge in [-0.2, -0.15) is 5.10 Å². The molecule has 6 nitrogen and oxygen atoms in total. The summed E-state index contributed by atoms with van der Waals surface area (Å²) in [5.41, 5.74) is 2.74. The number of anilines is 1. The highest BCUT2D eigenvalue weighted by atomic mass is 19.1. The molecule has 2 heterocycles. The van der Waals surface area contributed by atoms with Crippen LogP contribution < -0.4 is 5.32 Å². The summed E-state index contributed by atoms with van der Waals surface area (Å²) in [5.74, 6) is -1.51. The van der Waals surface area contributed by atoms with Crippen LogP contribution in [0.5, 0.6) is 0 Å². The van der Waals surface area contributed by atoms with E-state index in [1.165, 1.54) is 35.0 Å². The van der Waals surface area contributed by atoms with Crippen LogP contribution in [0, 0.1) is 31.4 Å². The molecule has 1 N–H and O–H groups in total. The predicted molar refractivity (Wildman–Crippen MR) is 117 cm³/mol. The van der Waals surface area contributed by atoms with E-state index < -0.39 is 11.6 Å². The first-order valence-electron chi connectivity index (χ1n) is 10.5. The van der Waals surface area contributed by atoms with Crippen LogP contribution in [-0.4, -0.2) is 39.6 Å². The summed E-state index contributed by atoms with van der Waals surface area (Å²) in [4.78, 5) is 26.9. The number of rotatable bonds is 4. The number of benzene rings is 2. The van der Waals surface area contributed by atoms with Crippen molar-refractivity contribution in [3.63, 3.8) is 0 Å². The summed E-state index contributed by atoms with van der Waals surface area (Å²) in [6, 6.07) is 11.8. The van der Waals surface area contributed by atoms with Gasteiger partial charge in [0.2, 0.25) is 5.91 Å². The van der Waals surface area contributed by atoms with Gasteiger partial charge in [0.25, 0.3) is 5.91 Å². The summed E-state index contributed by atoms with van der Waals surface area (Å²) >= 11 is 0. The Morgan fingerprint density at radius 2 is 1.69 bits per heavy atom. The first-order chi connectivity index (χ1) is 15.3. The quantitative estimate of drug-likeness (QED) is 0.662. The maximum Gasteiger partial charge on any atom is 0.253 e. The topological polar surface area (TPSA) is 67.2 Å². The molecular weight excluding hydrogens is 414 g/mol. The molecule has 0 radical (unpaired) electrons. The van der Waals surface area contributed by atoms with Gasteiger partial charge in [0.1, 0.15) is 11.5 Å². The number of aryl methyl sites for hydroxylation is 2. The number of halogens is 2. The van der Waals surface area contributed by atoms with Gasteiger partial charge in [0, 0.05) is 36.0 Å². The summed E-state index contributed by atoms with van der Waals surface area (Å²) in [6.45, 7) is 4.55. The lowest BCUT2D eigenvalue weighted by atomic mass is 9.95. The highest BCUT2D eigenvalue weighted by molar-refractivity contribution is 5.95. The van der Waals surface area contributed by atoms with E-state index in [0.717, 1.165) is 11.4 Å². The summed E-state index contributed by atoms with van der Waals surface area (Å²) < 4.78 is 29.3. The minimum absolute atomic E-state index is 0.175. The second-order valence-corrected chi connectivity index (χ2v) is 8.07. The molecule has 2 aromatic carbocycles. The van der Waals surface area contributed by atoms with Crippen LogP contribution in [0.3, 0.4) is 0 Å². The van der Waals surface area contributed by atoms with Gasteiger partial charge >= 0.3 is 0 Å². The smallest absolute Gasteiger partial charge is 0.253 e. The van der Waals surface area contributed by atoms with Crippen molar-refractivity contribution in [3.05, 3.63) is 77.1 Å². The van der Waals surface area contributed by atoms with Crippen molar-refractivity contribution in [2.75, 3.05) is 18.4 Å². The Hall–Kier alpha value is -3.55. The van der Waals surface area contributed by atoms with Gasteiger partial charge in [0.15, 0.2) is 5.82 Å². The average Bonchev–Trinajstić information content (AvgIpc) is 3.11. The average molecular weight is 438 g/mol. The number of nitrogens with one attached hydrogen (secondary N) is 1. The third-order valence-corrected chi connectivity index (χ3v) is 5.70. The molecule has 4 rings (SSSR count). The lowest BCUT2D eigenvalue weighted by Crippen LogP contribution is -2.41. The number of carbonyl (C=O) groups excluding carboxylic acids is 2. The predicted octanol–water partition coefficient (Wildman–Crippen LogP) is 4.26. The van der Waals surface area contributed by atoms with Crippen molar-refractivity contribution in [2.45, 2.75) is 26.7 Å². The van der Waals surface area contributed by atoms with E-state index in [9.17, 15) is 18.4 Å². The molecule has 0 saturated carbocycles. The van der Waals surface area contributed by atoms with Gasteiger partial charge < -0.3 is 10.2 Å². The molecule has 1 saturated heterocycles. The van der Waals surface area contributed by atoms with Crippen molar-refractivity contribution >= 4 is 17.5 Å². The molecular formula is C24H24F2N4O2. The van der Waals surface area contributed by atoms with Crippen LogP contribution in [-0.2, 0) is 4.79 Å². The maximum absolute atomic E-state index is 14.7. The molecule has 0 aliphatic carbocycles. The van der Waals surface area contributed by atoms with Gasteiger partial charge in [-0.15, -0.1) is 0 Å². The van der Waals surface area contributed by atoms with Crippen molar-refractivity contribution in [2.24, 2.45) is 5.92 Å². The van der Waals surface area contributed by atoms with E-state index in [1.807, 2.05) is 19.9 Å². The van der Waals surface area contributed by atoms with E-state index in [4.69, 9.17) is 0 Å². The Morgan fingerprint density at radius 3 is 2.28 bits per heavy atom. The fourth-order valence-electron chi connectivity index (χ4n) is 3.99. The number of likely N-dealkylation sites (tertiary alicyclic amines) is 1. The molecule has 3 aromatic rings. The molecule has 166 valence electrons. The van der Waals surface area contributed by atoms with Crippen LogP contribution in [0.25, 0.3) is 5.69 Å². The highest BCUT2D eigenvalue weighted by Gasteiger charge is 2.28. The second-order valence-electron chi connectivity index (χ2n) is 8.07. The minimum atomic E-state index is -0.478. The van der Waals surface area contributed by atoms with Crippen LogP contribution in [0.4, 0.5) is 14.5 Å². The third kappa shape index (κ3) is 4.54. The number of amides is 2. The fraction of sp³-hybridized carbons (Fsp3) is 0.292. The maximum atomic E-state index is 14.7. The Kier molecular flexibility index (Phi) is 6.03. The van der Waals surface area contributed by atoms with E-state index in [0.29, 0.717) is 42.9 Å². The molecule has 2 amide bonds. The van der Waals surface area contributed by atoms with Crippen LogP contribution in [0.1, 0.15) is 34.6 Å². The summed E-state index contributed by atoms with van der Waals surface area (Å²) in [6.07, 6.45) is 1.01. The van der Waals surface area contributed by atoms with E-state index in [1.54, 1.807) is 17.0 Å². The number of carbonyl (C=O) groups is 2. The number of aromatic nitrogens is 2. The lowest BCUT2D eigenvalue weighted by Gasteiger charge is -2.31. The molecule has 1 aliphatic heterocycles. The standard InChI is InChI=1S/C24H24F2N4O2/c1-15-13-16(2)30(28-15)22-8-7-20(14-21(22)26)27-23(31)17-9-11-29(12-10-17)24(32)18-3-5-19(25)6-4-18/h3-8,13-14,17H,9-12H2,1-2H3,(H,27,31). The van der Waals surface area contributed by atoms with Gasteiger partial charge in [0.05, 0.1) is 5.69 Å². The Balaban J connectivity index is 1.36. The highest BCUT2D eigenvalue weighted by Crippen LogP contribution is 2.23. The van der Waals surface area contributed by atoms with Crippen LogP contribution in [0.2, 0.25) is 0 Å².